The van der Waals surface area contributed by atoms with Gasteiger partial charge in [0, 0.05) is 12.4 Å². The lowest BCUT2D eigenvalue weighted by Gasteiger charge is -2.15. The highest BCUT2D eigenvalue weighted by molar-refractivity contribution is 5.90. The smallest absolute Gasteiger partial charge is 0.143 e. The molecule has 1 atom stereocenters. The van der Waals surface area contributed by atoms with E-state index in [1.165, 1.54) is 23.1 Å². The first-order chi connectivity index (χ1) is 22.5. The number of benzene rings is 3. The predicted octanol–water partition coefficient (Wildman–Crippen LogP) is 12.3. The minimum absolute atomic E-state index is 0.612. The molecule has 46 heavy (non-hydrogen) atoms. The van der Waals surface area contributed by atoms with Gasteiger partial charge in [0.1, 0.15) is 6.29 Å². The Bertz CT molecular complexity index is 1370. The van der Waals surface area contributed by atoms with Crippen molar-refractivity contribution in [3.8, 4) is 6.07 Å². The molecule has 0 saturated carbocycles. The number of nitrogens with zero attached hydrogens (tertiary/aromatic N) is 2. The summed E-state index contributed by atoms with van der Waals surface area (Å²) in [5.74, 6) is 0.612. The molecular formula is C43H62N2O. The fourth-order valence-electron chi connectivity index (χ4n) is 4.55. The molecule has 1 aliphatic rings. The second kappa shape index (κ2) is 28.4. The summed E-state index contributed by atoms with van der Waals surface area (Å²) in [7, 11) is 0. The third kappa shape index (κ3) is 15.8. The molecular weight excluding hydrogens is 560 g/mol. The number of rotatable bonds is 4. The topological polar surface area (TPSA) is 53.2 Å². The van der Waals surface area contributed by atoms with Crippen LogP contribution in [0.25, 0.3) is 5.57 Å². The number of aldehydes is 1. The Kier molecular flexibility index (Phi) is 27.3. The first-order valence-corrected chi connectivity index (χ1v) is 17.5. The average molecular weight is 623 g/mol. The predicted molar refractivity (Wildman–Crippen MR) is 205 cm³/mol. The summed E-state index contributed by atoms with van der Waals surface area (Å²) in [6, 6.07) is 23.5. The van der Waals surface area contributed by atoms with E-state index in [9.17, 15) is 10.1 Å². The van der Waals surface area contributed by atoms with Crippen molar-refractivity contribution in [2.45, 2.75) is 115 Å². The van der Waals surface area contributed by atoms with Crippen molar-refractivity contribution in [1.82, 2.24) is 0 Å². The van der Waals surface area contributed by atoms with Crippen molar-refractivity contribution < 1.29 is 4.79 Å². The van der Waals surface area contributed by atoms with E-state index in [0.29, 0.717) is 5.92 Å². The number of aryl methyl sites for hydroxylation is 3. The molecule has 0 aromatic heterocycles. The summed E-state index contributed by atoms with van der Waals surface area (Å²) in [5, 5.41) is 9.48. The quantitative estimate of drug-likeness (QED) is 0.165. The average Bonchev–Trinajstić information content (AvgIpc) is 3.12. The van der Waals surface area contributed by atoms with Gasteiger partial charge in [-0.2, -0.15) is 5.26 Å². The molecule has 6 bridgehead atoms. The molecule has 1 unspecified atom stereocenters. The minimum Gasteiger partial charge on any atom is -0.299 e. The zero-order chi connectivity index (χ0) is 35.3. The Morgan fingerprint density at radius 2 is 1.52 bits per heavy atom. The highest BCUT2D eigenvalue weighted by Crippen LogP contribution is 2.29. The van der Waals surface area contributed by atoms with Crippen LogP contribution in [0.3, 0.4) is 0 Å². The van der Waals surface area contributed by atoms with Crippen LogP contribution in [-0.2, 0) is 24.1 Å². The van der Waals surface area contributed by atoms with E-state index in [4.69, 9.17) is 0 Å². The summed E-state index contributed by atoms with van der Waals surface area (Å²) in [6.45, 7) is 24.4. The lowest BCUT2D eigenvalue weighted by atomic mass is 9.89. The van der Waals surface area contributed by atoms with Crippen molar-refractivity contribution in [2.75, 3.05) is 0 Å². The van der Waals surface area contributed by atoms with Crippen molar-refractivity contribution in [3.63, 3.8) is 0 Å². The van der Waals surface area contributed by atoms with Crippen LogP contribution in [0.5, 0.6) is 0 Å². The third-order valence-electron chi connectivity index (χ3n) is 6.89. The fraction of sp³-hybridized carbons (Fsp3) is 0.419. The molecule has 0 heterocycles. The van der Waals surface area contributed by atoms with Crippen LogP contribution in [0, 0.1) is 24.2 Å². The highest BCUT2D eigenvalue weighted by atomic mass is 16.1. The molecule has 0 N–H and O–H groups in total. The number of hydrogen-bond donors (Lipinski definition) is 0. The number of allylic oxidation sites excluding steroid dienone is 2. The molecule has 3 heteroatoms. The maximum atomic E-state index is 11.4. The zero-order valence-corrected chi connectivity index (χ0v) is 31.1. The lowest BCUT2D eigenvalue weighted by molar-refractivity contribution is -0.104. The Labute approximate surface area is 283 Å². The number of aliphatic imine (C=N–C) groups is 1. The van der Waals surface area contributed by atoms with Crippen LogP contribution in [0.2, 0.25) is 0 Å². The van der Waals surface area contributed by atoms with E-state index in [2.05, 4.69) is 86.4 Å². The molecule has 0 fully saturated rings. The lowest BCUT2D eigenvalue weighted by Crippen LogP contribution is -2.00. The first kappa shape index (κ1) is 44.1. The van der Waals surface area contributed by atoms with Crippen molar-refractivity contribution in [3.05, 3.63) is 124 Å². The van der Waals surface area contributed by atoms with Crippen LogP contribution in [0.15, 0.2) is 84.0 Å². The molecule has 1 aliphatic carbocycles. The highest BCUT2D eigenvalue weighted by Gasteiger charge is 2.12. The summed E-state index contributed by atoms with van der Waals surface area (Å²) in [5.41, 5.74) is 9.86. The maximum Gasteiger partial charge on any atom is 0.143 e. The van der Waals surface area contributed by atoms with E-state index in [0.717, 1.165) is 65.4 Å². The second-order valence-corrected chi connectivity index (χ2v) is 9.87. The molecule has 3 nitrogen and oxygen atoms in total. The van der Waals surface area contributed by atoms with Gasteiger partial charge in [-0.1, -0.05) is 130 Å². The molecule has 0 radical (unpaired) electrons. The maximum absolute atomic E-state index is 11.4. The van der Waals surface area contributed by atoms with Crippen molar-refractivity contribution in [2.24, 2.45) is 10.9 Å². The Hall–Kier alpha value is -4.03. The van der Waals surface area contributed by atoms with E-state index in [1.54, 1.807) is 6.08 Å². The molecule has 3 aromatic rings. The van der Waals surface area contributed by atoms with Crippen LogP contribution in [0.4, 0.5) is 0 Å². The number of carbonyl (C=O) groups is 1. The van der Waals surface area contributed by atoms with Crippen LogP contribution >= 0.6 is 0 Å². The van der Waals surface area contributed by atoms with E-state index in [-0.39, 0.29) is 0 Å². The molecule has 250 valence electrons. The van der Waals surface area contributed by atoms with Gasteiger partial charge in [-0.15, -0.1) is 0 Å². The van der Waals surface area contributed by atoms with Gasteiger partial charge in [0.05, 0.1) is 11.6 Å². The van der Waals surface area contributed by atoms with E-state index < -0.39 is 0 Å². The standard InChI is InChI=1S/C27H23NO.C8H15N.4C2H6/c1-19-8-9-22-14-21-10-11-25(18-28)23(16-21)6-2-4-20-5-3-7-24(15-20)26(12-13-29)27(19)17-22;1-4-6-9-7-8(3)5-2;4*1-2/h3,5,7-13,15-17H,2,4,6,14H2,1H3;4,6-8H,5H2,1-3H3;4*1-2H3/b26-12-;6-4-,9-7?;;;;. The monoisotopic (exact) mass is 622 g/mol. The third-order valence-corrected chi connectivity index (χ3v) is 6.89. The molecule has 0 saturated heterocycles. The van der Waals surface area contributed by atoms with Gasteiger partial charge in [0.25, 0.3) is 0 Å². The fourth-order valence-corrected chi connectivity index (χ4v) is 4.55. The molecule has 0 amide bonds. The summed E-state index contributed by atoms with van der Waals surface area (Å²) < 4.78 is 0. The zero-order valence-electron chi connectivity index (χ0n) is 31.1. The molecule has 0 spiro atoms. The summed E-state index contributed by atoms with van der Waals surface area (Å²) in [6.07, 6.45) is 13.1. The Morgan fingerprint density at radius 1 is 0.870 bits per heavy atom. The van der Waals surface area contributed by atoms with Gasteiger partial charge >= 0.3 is 0 Å². The Morgan fingerprint density at radius 3 is 2.13 bits per heavy atom. The van der Waals surface area contributed by atoms with Gasteiger partial charge < -0.3 is 0 Å². The van der Waals surface area contributed by atoms with Crippen LogP contribution in [-0.4, -0.2) is 12.5 Å². The largest absolute Gasteiger partial charge is 0.299 e. The van der Waals surface area contributed by atoms with Gasteiger partial charge in [-0.05, 0) is 109 Å². The molecule has 0 aliphatic heterocycles. The van der Waals surface area contributed by atoms with Crippen molar-refractivity contribution in [1.29, 1.82) is 5.26 Å². The van der Waals surface area contributed by atoms with Gasteiger partial charge in [0.2, 0.25) is 0 Å². The molecule has 3 aromatic carbocycles. The summed E-state index contributed by atoms with van der Waals surface area (Å²) in [4.78, 5) is 15.5. The van der Waals surface area contributed by atoms with E-state index in [1.807, 2.05) is 86.9 Å². The van der Waals surface area contributed by atoms with E-state index >= 15 is 0 Å². The van der Waals surface area contributed by atoms with Gasteiger partial charge in [-0.3, -0.25) is 9.79 Å². The second-order valence-electron chi connectivity index (χ2n) is 9.87. The number of carbonyl (C=O) groups excluding carboxylic acids is 1. The number of nitriles is 1. The van der Waals surface area contributed by atoms with Gasteiger partial charge in [-0.25, -0.2) is 0 Å². The normalized spacial score (nSPS) is 12.8. The number of hydrogen-bond acceptors (Lipinski definition) is 3. The minimum atomic E-state index is 0.612. The van der Waals surface area contributed by atoms with Crippen LogP contribution < -0.4 is 0 Å². The first-order valence-electron chi connectivity index (χ1n) is 17.5. The van der Waals surface area contributed by atoms with Crippen molar-refractivity contribution >= 4 is 18.1 Å². The van der Waals surface area contributed by atoms with Gasteiger partial charge in [0.15, 0.2) is 0 Å². The SMILES string of the molecule is C/C=C\N=CC(C)CC.CC.CC.CC.CC.Cc1ccc2cc1/C(=C\C=O)c1cccc(c1)CCCc1cc(ccc1C#N)C2. The number of fused-ring (bicyclic) bond motifs is 6. The van der Waals surface area contributed by atoms with Crippen LogP contribution in [0.1, 0.15) is 134 Å². The Balaban J connectivity index is 0. The molecule has 4 rings (SSSR count). The summed E-state index contributed by atoms with van der Waals surface area (Å²) >= 11 is 0.